The van der Waals surface area contributed by atoms with Crippen molar-refractivity contribution in [3.8, 4) is 0 Å². The topological polar surface area (TPSA) is 55.8 Å². The van der Waals surface area contributed by atoms with Crippen LogP contribution in [0.25, 0.3) is 0 Å². The lowest BCUT2D eigenvalue weighted by molar-refractivity contribution is -0.124. The Morgan fingerprint density at radius 2 is 1.71 bits per heavy atom. The number of ketones is 1. The van der Waals surface area contributed by atoms with Crippen LogP contribution in [0.2, 0.25) is 0 Å². The minimum absolute atomic E-state index is 0.0738. The first-order valence-corrected chi connectivity index (χ1v) is 10.9. The molecule has 170 valence electrons. The number of hydrogen-bond donors (Lipinski definition) is 0. The monoisotopic (exact) mass is 427 g/mol. The molecule has 2 rings (SSSR count). The van der Waals surface area contributed by atoms with Crippen LogP contribution in [0.4, 0.5) is 4.79 Å². The van der Waals surface area contributed by atoms with Crippen LogP contribution in [0, 0.1) is 6.92 Å². The maximum Gasteiger partial charge on any atom is 0.409 e. The average molecular weight is 428 g/mol. The highest BCUT2D eigenvalue weighted by Gasteiger charge is 2.32. The van der Waals surface area contributed by atoms with Crippen molar-refractivity contribution >= 4 is 11.9 Å². The summed E-state index contributed by atoms with van der Waals surface area (Å²) < 4.78 is 11.1. The van der Waals surface area contributed by atoms with E-state index >= 15 is 0 Å². The van der Waals surface area contributed by atoms with Gasteiger partial charge >= 0.3 is 6.09 Å². The van der Waals surface area contributed by atoms with Crippen LogP contribution in [0.15, 0.2) is 54.6 Å². The largest absolute Gasteiger partial charge is 0.445 e. The molecule has 0 aliphatic carbocycles. The quantitative estimate of drug-likeness (QED) is 0.467. The van der Waals surface area contributed by atoms with Gasteiger partial charge in [0.15, 0.2) is 0 Å². The van der Waals surface area contributed by atoms with E-state index in [9.17, 15) is 9.59 Å². The van der Waals surface area contributed by atoms with Crippen LogP contribution < -0.4 is 0 Å². The van der Waals surface area contributed by atoms with Gasteiger partial charge in [0, 0.05) is 20.2 Å². The van der Waals surface area contributed by atoms with Crippen molar-refractivity contribution in [1.29, 1.82) is 0 Å². The van der Waals surface area contributed by atoms with E-state index in [1.165, 1.54) is 4.90 Å². The third-order valence-electron chi connectivity index (χ3n) is 5.12. The lowest BCUT2D eigenvalue weighted by Crippen LogP contribution is -2.36. The third kappa shape index (κ3) is 8.54. The Labute approximate surface area is 187 Å². The van der Waals surface area contributed by atoms with Crippen molar-refractivity contribution in [2.45, 2.75) is 53.1 Å². The van der Waals surface area contributed by atoms with Crippen molar-refractivity contribution in [2.75, 3.05) is 26.8 Å². The van der Waals surface area contributed by atoms with Gasteiger partial charge in [-0.15, -0.1) is 0 Å². The highest BCUT2D eigenvalue weighted by Crippen LogP contribution is 2.26. The van der Waals surface area contributed by atoms with Gasteiger partial charge in [-0.2, -0.15) is 0 Å². The molecule has 2 aromatic carbocycles. The Hall–Kier alpha value is -2.66. The van der Waals surface area contributed by atoms with Crippen LogP contribution in [0.1, 0.15) is 50.8 Å². The van der Waals surface area contributed by atoms with Crippen molar-refractivity contribution in [3.63, 3.8) is 0 Å². The van der Waals surface area contributed by atoms with Gasteiger partial charge in [0.1, 0.15) is 12.4 Å². The summed E-state index contributed by atoms with van der Waals surface area (Å²) in [6, 6.07) is 17.6. The molecule has 0 bridgehead atoms. The molecule has 0 N–H and O–H groups in total. The maximum atomic E-state index is 12.3. The number of amides is 1. The Bertz CT molecular complexity index is 806. The van der Waals surface area contributed by atoms with Gasteiger partial charge in [0.25, 0.3) is 0 Å². The highest BCUT2D eigenvalue weighted by atomic mass is 16.6. The zero-order chi connectivity index (χ0) is 23.3. The molecular formula is C26H37NO4. The molecule has 1 amide bonds. The number of aryl methyl sites for hydroxylation is 1. The van der Waals surface area contributed by atoms with E-state index in [1.807, 2.05) is 82.3 Å². The average Bonchev–Trinajstić information content (AvgIpc) is 2.78. The molecule has 31 heavy (non-hydrogen) atoms. The number of ether oxygens (including phenoxy) is 2. The molecule has 1 unspecified atom stereocenters. The standard InChI is InChI=1S/C24H31NO4.C2H6/c1-19-10-8-13-22(16-19)24(3,20(2)26)18-28-15-9-14-25(4)23(27)29-17-21-11-6-5-7-12-21;1-2/h5-8,10-13,16H,9,14-15,17-18H2,1-4H3;1-2H3. The number of carbonyl (C=O) groups excluding carboxylic acids is 2. The lowest BCUT2D eigenvalue weighted by atomic mass is 9.79. The van der Waals surface area contributed by atoms with E-state index in [2.05, 4.69) is 0 Å². The second kappa shape index (κ2) is 13.6. The summed E-state index contributed by atoms with van der Waals surface area (Å²) in [4.78, 5) is 25.9. The van der Waals surface area contributed by atoms with Crippen LogP contribution in [-0.4, -0.2) is 43.6 Å². The molecule has 0 fully saturated rings. The minimum Gasteiger partial charge on any atom is -0.445 e. The molecule has 2 aromatic rings. The van der Waals surface area contributed by atoms with Crippen molar-refractivity contribution < 1.29 is 19.1 Å². The van der Waals surface area contributed by atoms with E-state index in [1.54, 1.807) is 14.0 Å². The van der Waals surface area contributed by atoms with Gasteiger partial charge in [-0.25, -0.2) is 4.79 Å². The lowest BCUT2D eigenvalue weighted by Gasteiger charge is -2.27. The number of carbonyl (C=O) groups is 2. The highest BCUT2D eigenvalue weighted by molar-refractivity contribution is 5.87. The SMILES string of the molecule is CC.CC(=O)C(C)(COCCCN(C)C(=O)OCc1ccccc1)c1cccc(C)c1. The van der Waals surface area contributed by atoms with Crippen LogP contribution >= 0.6 is 0 Å². The second-order valence-electron chi connectivity index (χ2n) is 7.63. The Morgan fingerprint density at radius 3 is 2.32 bits per heavy atom. The smallest absolute Gasteiger partial charge is 0.409 e. The van der Waals surface area contributed by atoms with Gasteiger partial charge < -0.3 is 14.4 Å². The van der Waals surface area contributed by atoms with E-state index < -0.39 is 5.41 Å². The van der Waals surface area contributed by atoms with E-state index in [-0.39, 0.29) is 18.5 Å². The molecular weight excluding hydrogens is 390 g/mol. The van der Waals surface area contributed by atoms with Gasteiger partial charge in [0.05, 0.1) is 12.0 Å². The molecule has 1 atom stereocenters. The summed E-state index contributed by atoms with van der Waals surface area (Å²) >= 11 is 0. The van der Waals surface area contributed by atoms with Crippen molar-refractivity contribution in [2.24, 2.45) is 0 Å². The second-order valence-corrected chi connectivity index (χ2v) is 7.63. The summed E-state index contributed by atoms with van der Waals surface area (Å²) in [5.74, 6) is 0.0738. The molecule has 0 radical (unpaired) electrons. The number of rotatable bonds is 10. The predicted molar refractivity (Wildman–Crippen MR) is 125 cm³/mol. The fraction of sp³-hybridized carbons (Fsp3) is 0.462. The van der Waals surface area contributed by atoms with Crippen LogP contribution in [-0.2, 0) is 26.3 Å². The summed E-state index contributed by atoms with van der Waals surface area (Å²) in [6.45, 7) is 11.1. The molecule has 0 aromatic heterocycles. The number of hydrogen-bond acceptors (Lipinski definition) is 4. The third-order valence-corrected chi connectivity index (χ3v) is 5.12. The summed E-state index contributed by atoms with van der Waals surface area (Å²) in [7, 11) is 1.71. The first-order chi connectivity index (χ1) is 14.8. The van der Waals surface area contributed by atoms with Gasteiger partial charge in [-0.1, -0.05) is 74.0 Å². The minimum atomic E-state index is -0.674. The molecule has 0 saturated carbocycles. The molecule has 5 heteroatoms. The summed E-state index contributed by atoms with van der Waals surface area (Å²) in [6.07, 6.45) is 0.306. The van der Waals surface area contributed by atoms with Crippen LogP contribution in [0.5, 0.6) is 0 Å². The van der Waals surface area contributed by atoms with Gasteiger partial charge in [-0.3, -0.25) is 4.79 Å². The molecule has 0 aliphatic rings. The predicted octanol–water partition coefficient (Wildman–Crippen LogP) is 5.54. The summed E-state index contributed by atoms with van der Waals surface area (Å²) in [5.41, 5.74) is 2.36. The first kappa shape index (κ1) is 26.4. The van der Waals surface area contributed by atoms with Crippen molar-refractivity contribution in [3.05, 3.63) is 71.3 Å². The summed E-state index contributed by atoms with van der Waals surface area (Å²) in [5, 5.41) is 0. The first-order valence-electron chi connectivity index (χ1n) is 10.9. The molecule has 5 nitrogen and oxygen atoms in total. The Morgan fingerprint density at radius 1 is 1.03 bits per heavy atom. The van der Waals surface area contributed by atoms with Crippen LogP contribution in [0.3, 0.4) is 0 Å². The van der Waals surface area contributed by atoms with Crippen molar-refractivity contribution in [1.82, 2.24) is 4.90 Å². The van der Waals surface area contributed by atoms with Gasteiger partial charge in [-0.05, 0) is 38.3 Å². The fourth-order valence-corrected chi connectivity index (χ4v) is 2.98. The molecule has 0 saturated heterocycles. The van der Waals surface area contributed by atoms with E-state index in [4.69, 9.17) is 9.47 Å². The zero-order valence-electron chi connectivity index (χ0n) is 19.8. The number of benzene rings is 2. The van der Waals surface area contributed by atoms with E-state index in [0.29, 0.717) is 26.2 Å². The number of nitrogens with zero attached hydrogens (tertiary/aromatic N) is 1. The molecule has 0 aliphatic heterocycles. The number of Topliss-reactive ketones (excluding diaryl/α,β-unsaturated/α-hetero) is 1. The fourth-order valence-electron chi connectivity index (χ4n) is 2.98. The normalized spacial score (nSPS) is 12.2. The Balaban J connectivity index is 0.00000233. The Kier molecular flexibility index (Phi) is 11.6. The molecule has 0 heterocycles. The molecule has 0 spiro atoms. The van der Waals surface area contributed by atoms with E-state index in [0.717, 1.165) is 16.7 Å². The zero-order valence-corrected chi connectivity index (χ0v) is 19.8. The maximum absolute atomic E-state index is 12.3. The van der Waals surface area contributed by atoms with Gasteiger partial charge in [0.2, 0.25) is 0 Å².